The minimum absolute atomic E-state index is 0.0610. The summed E-state index contributed by atoms with van der Waals surface area (Å²) < 4.78 is 1.75. The van der Waals surface area contributed by atoms with Crippen LogP contribution in [0.1, 0.15) is 42.4 Å². The van der Waals surface area contributed by atoms with Crippen molar-refractivity contribution in [3.63, 3.8) is 0 Å². The lowest BCUT2D eigenvalue weighted by molar-refractivity contribution is 0.0689. The van der Waals surface area contributed by atoms with E-state index in [2.05, 4.69) is 38.0 Å². The predicted molar refractivity (Wildman–Crippen MR) is 98.9 cm³/mol. The third-order valence-corrected chi connectivity index (χ3v) is 4.22. The molecular weight excluding hydrogens is 312 g/mol. The van der Waals surface area contributed by atoms with Crippen LogP contribution in [0.4, 0.5) is 0 Å². The molecule has 0 spiro atoms. The topological polar surface area (TPSA) is 55.1 Å². The fourth-order valence-electron chi connectivity index (χ4n) is 2.77. The molecule has 25 heavy (non-hydrogen) atoms. The summed E-state index contributed by atoms with van der Waals surface area (Å²) in [5.74, 6) is -1.01. The van der Waals surface area contributed by atoms with Gasteiger partial charge in [0.05, 0.1) is 12.2 Å². The Kier molecular flexibility index (Phi) is 4.45. The van der Waals surface area contributed by atoms with Gasteiger partial charge in [-0.15, -0.1) is 0 Å². The Morgan fingerprint density at radius 3 is 2.24 bits per heavy atom. The third-order valence-electron chi connectivity index (χ3n) is 4.22. The number of aromatic nitrogens is 2. The number of carboxylic acids is 1. The van der Waals surface area contributed by atoms with Crippen molar-refractivity contribution in [1.29, 1.82) is 0 Å². The number of hydrogen-bond donors (Lipinski definition) is 1. The molecule has 0 radical (unpaired) electrons. The minimum atomic E-state index is -1.01. The zero-order valence-electron chi connectivity index (χ0n) is 14.7. The van der Waals surface area contributed by atoms with E-state index in [9.17, 15) is 9.90 Å². The molecule has 0 aliphatic carbocycles. The van der Waals surface area contributed by atoms with E-state index in [1.54, 1.807) is 10.7 Å². The summed E-state index contributed by atoms with van der Waals surface area (Å²) in [4.78, 5) is 11.4. The first kappa shape index (κ1) is 17.0. The number of nitrogens with zero attached hydrogens (tertiary/aromatic N) is 2. The van der Waals surface area contributed by atoms with Crippen molar-refractivity contribution in [2.75, 3.05) is 0 Å². The van der Waals surface area contributed by atoms with E-state index < -0.39 is 5.97 Å². The van der Waals surface area contributed by atoms with Crippen molar-refractivity contribution in [2.45, 2.75) is 32.7 Å². The average Bonchev–Trinajstić information content (AvgIpc) is 2.99. The van der Waals surface area contributed by atoms with Crippen LogP contribution in [0.15, 0.2) is 60.7 Å². The molecule has 1 heterocycles. The minimum Gasteiger partial charge on any atom is -0.476 e. The molecule has 3 rings (SSSR count). The SMILES string of the molecule is CC(C)(C)c1ccc(-c2cc(C(=O)O)nn2Cc2ccccc2)cc1. The second kappa shape index (κ2) is 6.55. The van der Waals surface area contributed by atoms with Crippen LogP contribution in [-0.2, 0) is 12.0 Å². The maximum absolute atomic E-state index is 11.4. The lowest BCUT2D eigenvalue weighted by atomic mass is 9.86. The summed E-state index contributed by atoms with van der Waals surface area (Å²) >= 11 is 0. The molecule has 1 aromatic heterocycles. The number of benzene rings is 2. The highest BCUT2D eigenvalue weighted by atomic mass is 16.4. The monoisotopic (exact) mass is 334 g/mol. The van der Waals surface area contributed by atoms with Gasteiger partial charge in [-0.25, -0.2) is 4.79 Å². The third kappa shape index (κ3) is 3.79. The second-order valence-corrected chi connectivity index (χ2v) is 7.19. The summed E-state index contributed by atoms with van der Waals surface area (Å²) in [7, 11) is 0. The van der Waals surface area contributed by atoms with Crippen LogP contribution < -0.4 is 0 Å². The molecule has 0 saturated carbocycles. The molecule has 4 nitrogen and oxygen atoms in total. The van der Waals surface area contributed by atoms with E-state index in [1.165, 1.54) is 5.56 Å². The Labute approximate surface area is 147 Å². The van der Waals surface area contributed by atoms with Crippen molar-refractivity contribution in [1.82, 2.24) is 9.78 Å². The van der Waals surface area contributed by atoms with Gasteiger partial charge >= 0.3 is 5.97 Å². The summed E-state index contributed by atoms with van der Waals surface area (Å²) in [6, 6.07) is 19.8. The first-order chi connectivity index (χ1) is 11.8. The van der Waals surface area contributed by atoms with E-state index in [4.69, 9.17) is 0 Å². The van der Waals surface area contributed by atoms with Crippen LogP contribution in [0, 0.1) is 0 Å². The van der Waals surface area contributed by atoms with Crippen LogP contribution in [0.2, 0.25) is 0 Å². The van der Waals surface area contributed by atoms with E-state index >= 15 is 0 Å². The quantitative estimate of drug-likeness (QED) is 0.759. The highest BCUT2D eigenvalue weighted by Gasteiger charge is 2.17. The fourth-order valence-corrected chi connectivity index (χ4v) is 2.77. The molecule has 0 fully saturated rings. The number of carbonyl (C=O) groups is 1. The normalized spacial score (nSPS) is 11.5. The van der Waals surface area contributed by atoms with Crippen molar-refractivity contribution in [3.8, 4) is 11.3 Å². The van der Waals surface area contributed by atoms with Crippen LogP contribution in [0.3, 0.4) is 0 Å². The largest absolute Gasteiger partial charge is 0.476 e. The Morgan fingerprint density at radius 2 is 1.68 bits per heavy atom. The maximum atomic E-state index is 11.4. The lowest BCUT2D eigenvalue weighted by Gasteiger charge is -2.19. The number of aromatic carboxylic acids is 1. The van der Waals surface area contributed by atoms with Crippen molar-refractivity contribution in [3.05, 3.63) is 77.5 Å². The van der Waals surface area contributed by atoms with E-state index in [0.29, 0.717) is 6.54 Å². The highest BCUT2D eigenvalue weighted by molar-refractivity contribution is 5.87. The van der Waals surface area contributed by atoms with Gasteiger partial charge in [-0.3, -0.25) is 4.68 Å². The fraction of sp³-hybridized carbons (Fsp3) is 0.238. The van der Waals surface area contributed by atoms with Crippen molar-refractivity contribution < 1.29 is 9.90 Å². The second-order valence-electron chi connectivity index (χ2n) is 7.19. The first-order valence-electron chi connectivity index (χ1n) is 8.30. The van der Waals surface area contributed by atoms with E-state index in [-0.39, 0.29) is 11.1 Å². The van der Waals surface area contributed by atoms with E-state index in [1.807, 2.05) is 42.5 Å². The zero-order chi connectivity index (χ0) is 18.0. The van der Waals surface area contributed by atoms with Gasteiger partial charge < -0.3 is 5.11 Å². The molecule has 3 aromatic rings. The summed E-state index contributed by atoms with van der Waals surface area (Å²) in [6.07, 6.45) is 0. The zero-order valence-corrected chi connectivity index (χ0v) is 14.7. The standard InChI is InChI=1S/C21H22N2O2/c1-21(2,3)17-11-9-16(10-12-17)19-13-18(20(24)25)22-23(19)14-15-7-5-4-6-8-15/h4-13H,14H2,1-3H3,(H,24,25). The van der Waals surface area contributed by atoms with Gasteiger partial charge in [0.1, 0.15) is 0 Å². The molecule has 1 N–H and O–H groups in total. The Hall–Kier alpha value is -2.88. The van der Waals surface area contributed by atoms with Crippen LogP contribution in [-0.4, -0.2) is 20.9 Å². The molecule has 0 aliphatic rings. The van der Waals surface area contributed by atoms with Crippen LogP contribution >= 0.6 is 0 Å². The van der Waals surface area contributed by atoms with Gasteiger partial charge in [0, 0.05) is 0 Å². The van der Waals surface area contributed by atoms with Gasteiger partial charge in [0.2, 0.25) is 0 Å². The van der Waals surface area contributed by atoms with Crippen LogP contribution in [0.5, 0.6) is 0 Å². The van der Waals surface area contributed by atoms with Gasteiger partial charge in [-0.1, -0.05) is 75.4 Å². The molecule has 0 unspecified atom stereocenters. The summed E-state index contributed by atoms with van der Waals surface area (Å²) in [5, 5.41) is 13.6. The molecule has 128 valence electrons. The van der Waals surface area contributed by atoms with E-state index in [0.717, 1.165) is 16.8 Å². The van der Waals surface area contributed by atoms with Gasteiger partial charge in [-0.2, -0.15) is 5.10 Å². The molecule has 4 heteroatoms. The maximum Gasteiger partial charge on any atom is 0.356 e. The molecule has 0 amide bonds. The van der Waals surface area contributed by atoms with Gasteiger partial charge in [-0.05, 0) is 28.2 Å². The molecule has 0 aliphatic heterocycles. The molecule has 2 aromatic carbocycles. The van der Waals surface area contributed by atoms with Gasteiger partial charge in [0.15, 0.2) is 5.69 Å². The Morgan fingerprint density at radius 1 is 1.04 bits per heavy atom. The molecule has 0 saturated heterocycles. The average molecular weight is 334 g/mol. The molecule has 0 bridgehead atoms. The number of hydrogen-bond acceptors (Lipinski definition) is 2. The Bertz CT molecular complexity index is 873. The lowest BCUT2D eigenvalue weighted by Crippen LogP contribution is -2.10. The highest BCUT2D eigenvalue weighted by Crippen LogP contribution is 2.27. The summed E-state index contributed by atoms with van der Waals surface area (Å²) in [5.41, 5.74) is 4.23. The Balaban J connectivity index is 2.01. The van der Waals surface area contributed by atoms with Crippen molar-refractivity contribution >= 4 is 5.97 Å². The number of rotatable bonds is 4. The number of carboxylic acid groups (broad SMARTS) is 1. The predicted octanol–water partition coefficient (Wildman–Crippen LogP) is 4.59. The first-order valence-corrected chi connectivity index (χ1v) is 8.30. The molecular formula is C21H22N2O2. The molecule has 0 atom stereocenters. The van der Waals surface area contributed by atoms with Crippen LogP contribution in [0.25, 0.3) is 11.3 Å². The smallest absolute Gasteiger partial charge is 0.356 e. The van der Waals surface area contributed by atoms with Gasteiger partial charge in [0.25, 0.3) is 0 Å². The summed E-state index contributed by atoms with van der Waals surface area (Å²) in [6.45, 7) is 7.04. The van der Waals surface area contributed by atoms with Crippen molar-refractivity contribution in [2.24, 2.45) is 0 Å².